The molecule has 2 aromatic carbocycles. The second-order valence-electron chi connectivity index (χ2n) is 6.08. The SMILES string of the molecule is Cc1ccccc1N1CC[NH+](CCOc2cccc(Cl)c2)CC1. The van der Waals surface area contributed by atoms with Crippen LogP contribution in [0.1, 0.15) is 5.56 Å². The van der Waals surface area contributed by atoms with Crippen molar-refractivity contribution in [2.45, 2.75) is 6.92 Å². The van der Waals surface area contributed by atoms with Crippen LogP contribution in [-0.4, -0.2) is 39.3 Å². The fourth-order valence-electron chi connectivity index (χ4n) is 3.10. The summed E-state index contributed by atoms with van der Waals surface area (Å²) in [7, 11) is 0. The summed E-state index contributed by atoms with van der Waals surface area (Å²) >= 11 is 5.97. The first-order valence-corrected chi connectivity index (χ1v) is 8.63. The first-order chi connectivity index (χ1) is 11.2. The van der Waals surface area contributed by atoms with Crippen LogP contribution in [0, 0.1) is 6.92 Å². The van der Waals surface area contributed by atoms with E-state index in [1.807, 2.05) is 24.3 Å². The highest BCUT2D eigenvalue weighted by Crippen LogP contribution is 2.19. The Morgan fingerprint density at radius 2 is 1.87 bits per heavy atom. The summed E-state index contributed by atoms with van der Waals surface area (Å²) in [4.78, 5) is 4.10. The van der Waals surface area contributed by atoms with Gasteiger partial charge in [-0.3, -0.25) is 0 Å². The molecule has 4 heteroatoms. The van der Waals surface area contributed by atoms with Crippen molar-refractivity contribution in [2.75, 3.05) is 44.2 Å². The molecule has 3 nitrogen and oxygen atoms in total. The lowest BCUT2D eigenvalue weighted by molar-refractivity contribution is -0.900. The number of nitrogens with one attached hydrogen (secondary N) is 1. The Bertz CT molecular complexity index is 639. The molecule has 122 valence electrons. The van der Waals surface area contributed by atoms with Crippen molar-refractivity contribution in [1.29, 1.82) is 0 Å². The van der Waals surface area contributed by atoms with Crippen LogP contribution in [-0.2, 0) is 0 Å². The molecule has 0 atom stereocenters. The zero-order valence-corrected chi connectivity index (χ0v) is 14.4. The van der Waals surface area contributed by atoms with Crippen molar-refractivity contribution >= 4 is 17.3 Å². The summed E-state index contributed by atoms with van der Waals surface area (Å²) in [5.74, 6) is 0.857. The summed E-state index contributed by atoms with van der Waals surface area (Å²) in [5, 5.41) is 0.724. The van der Waals surface area contributed by atoms with Gasteiger partial charge in [0.05, 0.1) is 26.2 Å². The van der Waals surface area contributed by atoms with Gasteiger partial charge in [0.25, 0.3) is 0 Å². The van der Waals surface area contributed by atoms with E-state index >= 15 is 0 Å². The Morgan fingerprint density at radius 3 is 2.61 bits per heavy atom. The van der Waals surface area contributed by atoms with Gasteiger partial charge >= 0.3 is 0 Å². The average Bonchev–Trinajstić information content (AvgIpc) is 2.56. The summed E-state index contributed by atoms with van der Waals surface area (Å²) in [6, 6.07) is 16.3. The van der Waals surface area contributed by atoms with Crippen LogP contribution in [0.25, 0.3) is 0 Å². The molecule has 1 heterocycles. The fourth-order valence-corrected chi connectivity index (χ4v) is 3.28. The van der Waals surface area contributed by atoms with Gasteiger partial charge in [-0.1, -0.05) is 35.9 Å². The topological polar surface area (TPSA) is 16.9 Å². The molecule has 1 fully saturated rings. The molecular weight excluding hydrogens is 308 g/mol. The number of benzene rings is 2. The third-order valence-corrected chi connectivity index (χ3v) is 4.68. The lowest BCUT2D eigenvalue weighted by Crippen LogP contribution is -3.15. The Morgan fingerprint density at radius 1 is 1.09 bits per heavy atom. The zero-order chi connectivity index (χ0) is 16.1. The zero-order valence-electron chi connectivity index (χ0n) is 13.6. The molecule has 2 aromatic rings. The van der Waals surface area contributed by atoms with E-state index < -0.39 is 0 Å². The van der Waals surface area contributed by atoms with E-state index in [0.29, 0.717) is 0 Å². The molecule has 1 N–H and O–H groups in total. The highest BCUT2D eigenvalue weighted by molar-refractivity contribution is 6.30. The van der Waals surface area contributed by atoms with Gasteiger partial charge in [0.2, 0.25) is 0 Å². The van der Waals surface area contributed by atoms with Gasteiger partial charge < -0.3 is 14.5 Å². The van der Waals surface area contributed by atoms with Gasteiger partial charge in [-0.25, -0.2) is 0 Å². The minimum Gasteiger partial charge on any atom is -0.488 e. The highest BCUT2D eigenvalue weighted by Gasteiger charge is 2.20. The van der Waals surface area contributed by atoms with Crippen LogP contribution in [0.3, 0.4) is 0 Å². The molecule has 1 aliphatic heterocycles. The smallest absolute Gasteiger partial charge is 0.137 e. The number of aryl methyl sites for hydroxylation is 1. The number of rotatable bonds is 5. The van der Waals surface area contributed by atoms with Gasteiger partial charge in [-0.2, -0.15) is 0 Å². The molecule has 0 unspecified atom stereocenters. The second kappa shape index (κ2) is 7.71. The summed E-state index contributed by atoms with van der Waals surface area (Å²) in [6.45, 7) is 8.50. The maximum absolute atomic E-state index is 5.97. The first-order valence-electron chi connectivity index (χ1n) is 8.25. The van der Waals surface area contributed by atoms with Crippen molar-refractivity contribution in [3.05, 3.63) is 59.1 Å². The Balaban J connectivity index is 1.44. The molecule has 0 aliphatic carbocycles. The number of anilines is 1. The van der Waals surface area contributed by atoms with Crippen molar-refractivity contribution in [1.82, 2.24) is 0 Å². The first kappa shape index (κ1) is 16.2. The summed E-state index contributed by atoms with van der Waals surface area (Å²) < 4.78 is 5.80. The molecule has 0 saturated carbocycles. The predicted octanol–water partition coefficient (Wildman–Crippen LogP) is 2.43. The number of halogens is 1. The van der Waals surface area contributed by atoms with E-state index in [1.54, 1.807) is 4.90 Å². The van der Waals surface area contributed by atoms with Gasteiger partial charge in [0, 0.05) is 10.7 Å². The highest BCUT2D eigenvalue weighted by atomic mass is 35.5. The fraction of sp³-hybridized carbons (Fsp3) is 0.368. The molecule has 0 spiro atoms. The molecule has 0 radical (unpaired) electrons. The minimum absolute atomic E-state index is 0.724. The monoisotopic (exact) mass is 331 g/mol. The molecule has 0 amide bonds. The number of ether oxygens (including phenoxy) is 1. The molecule has 0 aromatic heterocycles. The van der Waals surface area contributed by atoms with Gasteiger partial charge in [-0.15, -0.1) is 0 Å². The van der Waals surface area contributed by atoms with Crippen molar-refractivity contribution in [3.8, 4) is 5.75 Å². The minimum atomic E-state index is 0.724. The van der Waals surface area contributed by atoms with Crippen molar-refractivity contribution in [3.63, 3.8) is 0 Å². The molecule has 0 bridgehead atoms. The van der Waals surface area contributed by atoms with E-state index in [-0.39, 0.29) is 0 Å². The summed E-state index contributed by atoms with van der Waals surface area (Å²) in [5.41, 5.74) is 2.74. The van der Waals surface area contributed by atoms with Crippen molar-refractivity contribution in [2.24, 2.45) is 0 Å². The third-order valence-electron chi connectivity index (χ3n) is 4.45. The van der Waals surface area contributed by atoms with E-state index in [2.05, 4.69) is 36.1 Å². The van der Waals surface area contributed by atoms with Crippen LogP contribution in [0.4, 0.5) is 5.69 Å². The molecule has 3 rings (SSSR count). The van der Waals surface area contributed by atoms with Crippen LogP contribution in [0.5, 0.6) is 5.75 Å². The maximum atomic E-state index is 5.97. The van der Waals surface area contributed by atoms with Crippen LogP contribution < -0.4 is 14.5 Å². The van der Waals surface area contributed by atoms with Gasteiger partial charge in [0.1, 0.15) is 18.9 Å². The van der Waals surface area contributed by atoms with Crippen LogP contribution in [0.2, 0.25) is 5.02 Å². The lowest BCUT2D eigenvalue weighted by atomic mass is 10.1. The molecule has 23 heavy (non-hydrogen) atoms. The Labute approximate surface area is 143 Å². The van der Waals surface area contributed by atoms with Gasteiger partial charge in [-0.05, 0) is 36.8 Å². The third kappa shape index (κ3) is 4.40. The molecular formula is C19H24ClN2O+. The standard InChI is InChI=1S/C19H23ClN2O/c1-16-5-2-3-8-19(16)22-11-9-21(10-12-22)13-14-23-18-7-4-6-17(20)15-18/h2-8,15H,9-14H2,1H3/p+1. The van der Waals surface area contributed by atoms with E-state index in [9.17, 15) is 0 Å². The molecule has 1 aliphatic rings. The van der Waals surface area contributed by atoms with Crippen molar-refractivity contribution < 1.29 is 9.64 Å². The van der Waals surface area contributed by atoms with Crippen LogP contribution in [0.15, 0.2) is 48.5 Å². The number of nitrogens with zero attached hydrogens (tertiary/aromatic N) is 1. The predicted molar refractivity (Wildman–Crippen MR) is 95.9 cm³/mol. The average molecular weight is 332 g/mol. The maximum Gasteiger partial charge on any atom is 0.137 e. The number of hydrogen-bond acceptors (Lipinski definition) is 2. The van der Waals surface area contributed by atoms with Gasteiger partial charge in [0.15, 0.2) is 0 Å². The van der Waals surface area contributed by atoms with Crippen LogP contribution >= 0.6 is 11.6 Å². The number of para-hydroxylation sites is 1. The quantitative estimate of drug-likeness (QED) is 0.906. The molecule has 1 saturated heterocycles. The lowest BCUT2D eigenvalue weighted by Gasteiger charge is -2.34. The van der Waals surface area contributed by atoms with E-state index in [4.69, 9.17) is 16.3 Å². The number of piperazine rings is 1. The van der Waals surface area contributed by atoms with E-state index in [1.165, 1.54) is 11.3 Å². The Hall–Kier alpha value is -1.71. The second-order valence-corrected chi connectivity index (χ2v) is 6.52. The van der Waals surface area contributed by atoms with E-state index in [0.717, 1.165) is 50.1 Å². The Kier molecular flexibility index (Phi) is 5.42. The number of hydrogen-bond donors (Lipinski definition) is 1. The normalized spacial score (nSPS) is 15.7. The largest absolute Gasteiger partial charge is 0.488 e. The summed E-state index contributed by atoms with van der Waals surface area (Å²) in [6.07, 6.45) is 0. The number of quaternary nitrogens is 1.